The quantitative estimate of drug-likeness (QED) is 0.317. The summed E-state index contributed by atoms with van der Waals surface area (Å²) in [5, 5.41) is 8.83. The predicted octanol–water partition coefficient (Wildman–Crippen LogP) is -0.329. The fraction of sp³-hybridized carbons (Fsp3) is 0.455. The summed E-state index contributed by atoms with van der Waals surface area (Å²) in [4.78, 5) is 13.3. The van der Waals surface area contributed by atoms with Crippen LogP contribution in [0.25, 0.3) is 0 Å². The van der Waals surface area contributed by atoms with E-state index in [0.717, 1.165) is 0 Å². The van der Waals surface area contributed by atoms with E-state index in [1.54, 1.807) is 18.0 Å². The average molecular weight is 302 g/mol. The summed E-state index contributed by atoms with van der Waals surface area (Å²) >= 11 is 0. The van der Waals surface area contributed by atoms with Crippen LogP contribution >= 0.6 is 0 Å². The lowest BCUT2D eigenvalue weighted by Gasteiger charge is -2.08. The summed E-state index contributed by atoms with van der Waals surface area (Å²) in [6.07, 6.45) is 2.68. The number of carbonyl (C=O) groups is 1. The SMILES string of the molecule is CN1CCO/C1=C/C=C(/C#N)C(=O)OCCS(=O)(=O)O. The van der Waals surface area contributed by atoms with Gasteiger partial charge in [-0.2, -0.15) is 13.7 Å². The standard InChI is InChI=1S/C11H14N2O6S/c1-13-4-5-18-10(13)3-2-9(8-12)11(14)19-6-7-20(15,16)17/h2-3H,4-7H2,1H3,(H,15,16,17)/b9-2-,10-3+. The number of ether oxygens (including phenoxy) is 2. The Morgan fingerprint density at radius 3 is 2.85 bits per heavy atom. The highest BCUT2D eigenvalue weighted by atomic mass is 32.2. The molecule has 0 spiro atoms. The number of hydrogen-bond donors (Lipinski definition) is 1. The van der Waals surface area contributed by atoms with Crippen LogP contribution in [0.15, 0.2) is 23.6 Å². The number of rotatable bonds is 5. The maximum atomic E-state index is 11.5. The smallest absolute Gasteiger partial charge is 0.348 e. The molecular formula is C11H14N2O6S. The fourth-order valence-corrected chi connectivity index (χ4v) is 1.60. The van der Waals surface area contributed by atoms with Crippen LogP contribution in [0.1, 0.15) is 0 Å². The molecule has 110 valence electrons. The second-order valence-corrected chi connectivity index (χ2v) is 5.46. The molecule has 1 aliphatic rings. The van der Waals surface area contributed by atoms with E-state index >= 15 is 0 Å². The number of allylic oxidation sites excluding steroid dienone is 2. The van der Waals surface area contributed by atoms with Crippen LogP contribution in [0.2, 0.25) is 0 Å². The Morgan fingerprint density at radius 2 is 2.35 bits per heavy atom. The van der Waals surface area contributed by atoms with Crippen LogP contribution in [0.5, 0.6) is 0 Å². The van der Waals surface area contributed by atoms with E-state index in [-0.39, 0.29) is 5.57 Å². The third-order valence-electron chi connectivity index (χ3n) is 2.36. The minimum Gasteiger partial charge on any atom is -0.477 e. The zero-order chi connectivity index (χ0) is 15.2. The van der Waals surface area contributed by atoms with Gasteiger partial charge in [-0.3, -0.25) is 4.55 Å². The zero-order valence-electron chi connectivity index (χ0n) is 10.8. The molecule has 0 saturated carbocycles. The first-order valence-electron chi connectivity index (χ1n) is 5.62. The molecule has 1 saturated heterocycles. The lowest BCUT2D eigenvalue weighted by molar-refractivity contribution is -0.137. The Hall–Kier alpha value is -2.05. The van der Waals surface area contributed by atoms with E-state index in [2.05, 4.69) is 4.74 Å². The van der Waals surface area contributed by atoms with Crippen molar-refractivity contribution >= 4 is 16.1 Å². The van der Waals surface area contributed by atoms with Crippen molar-refractivity contribution in [1.82, 2.24) is 4.90 Å². The molecule has 0 radical (unpaired) electrons. The van der Waals surface area contributed by atoms with Gasteiger partial charge in [0.05, 0.1) is 6.54 Å². The number of carbonyl (C=O) groups excluding carboxylic acids is 1. The summed E-state index contributed by atoms with van der Waals surface area (Å²) in [7, 11) is -2.41. The first-order valence-corrected chi connectivity index (χ1v) is 7.22. The Morgan fingerprint density at radius 1 is 1.65 bits per heavy atom. The molecule has 1 rings (SSSR count). The Balaban J connectivity index is 2.62. The molecule has 1 fully saturated rings. The van der Waals surface area contributed by atoms with Gasteiger partial charge in [-0.25, -0.2) is 4.79 Å². The normalized spacial score (nSPS) is 17.8. The minimum atomic E-state index is -4.20. The molecule has 1 heterocycles. The van der Waals surface area contributed by atoms with Gasteiger partial charge in [-0.05, 0) is 12.2 Å². The van der Waals surface area contributed by atoms with Crippen LogP contribution in [0, 0.1) is 11.3 Å². The highest BCUT2D eigenvalue weighted by Crippen LogP contribution is 2.11. The van der Waals surface area contributed by atoms with Gasteiger partial charge in [0.25, 0.3) is 10.1 Å². The molecule has 0 unspecified atom stereocenters. The maximum Gasteiger partial charge on any atom is 0.348 e. The highest BCUT2D eigenvalue weighted by molar-refractivity contribution is 7.85. The molecule has 0 aromatic carbocycles. The van der Waals surface area contributed by atoms with Crippen molar-refractivity contribution in [2.75, 3.05) is 32.6 Å². The lowest BCUT2D eigenvalue weighted by atomic mass is 10.2. The minimum absolute atomic E-state index is 0.295. The topological polar surface area (TPSA) is 117 Å². The number of likely N-dealkylation sites (N-methyl/N-ethyl adjacent to an activating group) is 1. The van der Waals surface area contributed by atoms with Crippen molar-refractivity contribution in [3.63, 3.8) is 0 Å². The van der Waals surface area contributed by atoms with Gasteiger partial charge in [-0.1, -0.05) is 0 Å². The zero-order valence-corrected chi connectivity index (χ0v) is 11.6. The van der Waals surface area contributed by atoms with Crippen molar-refractivity contribution in [2.24, 2.45) is 0 Å². The monoisotopic (exact) mass is 302 g/mol. The van der Waals surface area contributed by atoms with Crippen LogP contribution in [-0.4, -0.2) is 56.4 Å². The van der Waals surface area contributed by atoms with E-state index in [0.29, 0.717) is 19.0 Å². The highest BCUT2D eigenvalue weighted by Gasteiger charge is 2.15. The first-order chi connectivity index (χ1) is 9.33. The number of nitriles is 1. The van der Waals surface area contributed by atoms with Crippen LogP contribution in [0.4, 0.5) is 0 Å². The second kappa shape index (κ2) is 6.93. The van der Waals surface area contributed by atoms with Crippen molar-refractivity contribution < 1.29 is 27.2 Å². The second-order valence-electron chi connectivity index (χ2n) is 3.89. The van der Waals surface area contributed by atoms with Crippen LogP contribution < -0.4 is 0 Å². The largest absolute Gasteiger partial charge is 0.477 e. The van der Waals surface area contributed by atoms with Gasteiger partial charge in [0.1, 0.15) is 30.6 Å². The van der Waals surface area contributed by atoms with E-state index in [1.165, 1.54) is 12.2 Å². The summed E-state index contributed by atoms with van der Waals surface area (Å²) in [6, 6.07) is 1.64. The molecule has 0 amide bonds. The molecule has 20 heavy (non-hydrogen) atoms. The first kappa shape index (κ1) is 16.0. The van der Waals surface area contributed by atoms with Crippen molar-refractivity contribution in [3.05, 3.63) is 23.6 Å². The van der Waals surface area contributed by atoms with Crippen molar-refractivity contribution in [3.8, 4) is 6.07 Å². The third-order valence-corrected chi connectivity index (χ3v) is 3.04. The molecule has 0 aliphatic carbocycles. The van der Waals surface area contributed by atoms with Crippen molar-refractivity contribution in [1.29, 1.82) is 5.26 Å². The lowest BCUT2D eigenvalue weighted by Crippen LogP contribution is -2.15. The Bertz CT molecular complexity index is 572. The fourth-order valence-electron chi connectivity index (χ4n) is 1.31. The van der Waals surface area contributed by atoms with Gasteiger partial charge in [0.15, 0.2) is 5.88 Å². The van der Waals surface area contributed by atoms with Gasteiger partial charge in [0.2, 0.25) is 0 Å². The van der Waals surface area contributed by atoms with Crippen LogP contribution in [-0.2, 0) is 24.4 Å². The molecule has 1 aliphatic heterocycles. The molecule has 0 atom stereocenters. The predicted molar refractivity (Wildman–Crippen MR) is 67.7 cm³/mol. The van der Waals surface area contributed by atoms with Gasteiger partial charge < -0.3 is 14.4 Å². The van der Waals surface area contributed by atoms with Crippen molar-refractivity contribution in [2.45, 2.75) is 0 Å². The van der Waals surface area contributed by atoms with Gasteiger partial charge in [0, 0.05) is 7.05 Å². The summed E-state index contributed by atoms with van der Waals surface area (Å²) in [6.45, 7) is 0.709. The van der Waals surface area contributed by atoms with Crippen LogP contribution in [0.3, 0.4) is 0 Å². The maximum absolute atomic E-state index is 11.5. The summed E-state index contributed by atoms with van der Waals surface area (Å²) < 4.78 is 39.1. The summed E-state index contributed by atoms with van der Waals surface area (Å²) in [5.74, 6) is -1.16. The Labute approximate surface area is 116 Å². The van der Waals surface area contributed by atoms with Gasteiger partial charge >= 0.3 is 5.97 Å². The average Bonchev–Trinajstić information content (AvgIpc) is 2.74. The molecule has 8 nitrogen and oxygen atoms in total. The number of nitrogens with zero attached hydrogens (tertiary/aromatic N) is 2. The molecule has 0 aromatic rings. The third kappa shape index (κ3) is 5.29. The van der Waals surface area contributed by atoms with E-state index < -0.39 is 28.4 Å². The Kier molecular flexibility index (Phi) is 5.54. The number of esters is 1. The molecule has 9 heteroatoms. The molecule has 0 bridgehead atoms. The van der Waals surface area contributed by atoms with Gasteiger partial charge in [-0.15, -0.1) is 0 Å². The van der Waals surface area contributed by atoms with E-state index in [4.69, 9.17) is 14.6 Å². The molecular weight excluding hydrogens is 288 g/mol. The molecule has 0 aromatic heterocycles. The van der Waals surface area contributed by atoms with E-state index in [1.807, 2.05) is 0 Å². The number of hydrogen-bond acceptors (Lipinski definition) is 7. The van der Waals surface area contributed by atoms with E-state index in [9.17, 15) is 13.2 Å². The summed E-state index contributed by atoms with van der Waals surface area (Å²) in [5.41, 5.74) is -0.295. The molecule has 1 N–H and O–H groups in total.